The lowest BCUT2D eigenvalue weighted by atomic mass is 10.1. The van der Waals surface area contributed by atoms with E-state index in [1.807, 2.05) is 6.92 Å². The minimum Gasteiger partial charge on any atom is -0.444 e. The summed E-state index contributed by atoms with van der Waals surface area (Å²) in [5.74, 6) is 5.10. The Morgan fingerprint density at radius 3 is 2.63 bits per heavy atom. The number of alkyl carbamates (subject to hydrolysis) is 1. The highest BCUT2D eigenvalue weighted by Crippen LogP contribution is 2.19. The molecule has 2 amide bonds. The fourth-order valence-electron chi connectivity index (χ4n) is 3.39. The Morgan fingerprint density at radius 2 is 1.97 bits per heavy atom. The standard InChI is InChI=1S/C24H30ClFN6O3/c1-5-19-21(31-14-16(25)7-9-20(31)30-19)22(33)29-13-15-6-8-17(12-18(15)26)32(27)11-10-28-23(34)35-24(2,3)4/h6-9,12,14H,5,10-11,13,27H2,1-4H3,(H,28,34)(H,29,33). The van der Waals surface area contributed by atoms with Crippen molar-refractivity contribution in [3.05, 3.63) is 64.3 Å². The van der Waals surface area contributed by atoms with E-state index in [2.05, 4.69) is 15.6 Å². The molecule has 0 fully saturated rings. The number of aryl methyl sites for hydroxylation is 1. The number of pyridine rings is 1. The number of benzene rings is 1. The van der Waals surface area contributed by atoms with Gasteiger partial charge in [-0.25, -0.2) is 20.0 Å². The van der Waals surface area contributed by atoms with Gasteiger partial charge in [-0.15, -0.1) is 0 Å². The monoisotopic (exact) mass is 504 g/mol. The average molecular weight is 505 g/mol. The van der Waals surface area contributed by atoms with Crippen LogP contribution in [0.25, 0.3) is 5.65 Å². The second-order valence-electron chi connectivity index (χ2n) is 8.92. The van der Waals surface area contributed by atoms with Crippen LogP contribution in [0.3, 0.4) is 0 Å². The van der Waals surface area contributed by atoms with E-state index in [0.717, 1.165) is 0 Å². The van der Waals surface area contributed by atoms with E-state index in [-0.39, 0.29) is 25.5 Å². The van der Waals surface area contributed by atoms with Crippen LogP contribution in [0.1, 0.15) is 49.4 Å². The maximum atomic E-state index is 14.7. The van der Waals surface area contributed by atoms with Gasteiger partial charge < -0.3 is 20.4 Å². The first-order chi connectivity index (χ1) is 16.5. The molecule has 0 saturated carbocycles. The van der Waals surface area contributed by atoms with Gasteiger partial charge in [0.25, 0.3) is 5.91 Å². The molecule has 0 aliphatic carbocycles. The molecular formula is C24H30ClFN6O3. The van der Waals surface area contributed by atoms with Crippen LogP contribution in [-0.2, 0) is 17.7 Å². The molecule has 0 aliphatic rings. The van der Waals surface area contributed by atoms with Gasteiger partial charge in [0, 0.05) is 24.8 Å². The van der Waals surface area contributed by atoms with Crippen LogP contribution in [0.5, 0.6) is 0 Å². The molecular weight excluding hydrogens is 475 g/mol. The maximum Gasteiger partial charge on any atom is 0.407 e. The SMILES string of the molecule is CCc1nc2ccc(Cl)cn2c1C(=O)NCc1ccc(N(N)CCNC(=O)OC(C)(C)C)cc1F. The van der Waals surface area contributed by atoms with Crippen LogP contribution in [0.4, 0.5) is 14.9 Å². The topological polar surface area (TPSA) is 114 Å². The summed E-state index contributed by atoms with van der Waals surface area (Å²) >= 11 is 6.08. The fraction of sp³-hybridized carbons (Fsp3) is 0.375. The van der Waals surface area contributed by atoms with Gasteiger partial charge in [-0.1, -0.05) is 24.6 Å². The highest BCUT2D eigenvalue weighted by Gasteiger charge is 2.19. The predicted molar refractivity (Wildman–Crippen MR) is 133 cm³/mol. The third-order valence-electron chi connectivity index (χ3n) is 5.03. The van der Waals surface area contributed by atoms with E-state index < -0.39 is 17.5 Å². The second-order valence-corrected chi connectivity index (χ2v) is 9.35. The highest BCUT2D eigenvalue weighted by atomic mass is 35.5. The van der Waals surface area contributed by atoms with Crippen molar-refractivity contribution in [3.63, 3.8) is 0 Å². The highest BCUT2D eigenvalue weighted by molar-refractivity contribution is 6.30. The number of halogens is 2. The van der Waals surface area contributed by atoms with Crippen molar-refractivity contribution in [2.45, 2.75) is 46.3 Å². The number of hydrogen-bond acceptors (Lipinski definition) is 6. The Labute approximate surface area is 208 Å². The van der Waals surface area contributed by atoms with Gasteiger partial charge >= 0.3 is 6.09 Å². The number of hydrogen-bond donors (Lipinski definition) is 3. The largest absolute Gasteiger partial charge is 0.444 e. The number of nitrogens with one attached hydrogen (secondary N) is 2. The Hall–Kier alpha value is -3.37. The van der Waals surface area contributed by atoms with Crippen LogP contribution in [0, 0.1) is 5.82 Å². The summed E-state index contributed by atoms with van der Waals surface area (Å²) in [7, 11) is 0. The molecule has 3 rings (SSSR count). The zero-order valence-corrected chi connectivity index (χ0v) is 20.9. The number of nitrogens with zero attached hydrogens (tertiary/aromatic N) is 3. The summed E-state index contributed by atoms with van der Waals surface area (Å²) in [5.41, 5.74) is 1.72. The summed E-state index contributed by atoms with van der Waals surface area (Å²) in [5, 5.41) is 7.14. The first kappa shape index (κ1) is 26.2. The van der Waals surface area contributed by atoms with E-state index in [1.165, 1.54) is 11.1 Å². The molecule has 0 spiro atoms. The van der Waals surface area contributed by atoms with Crippen molar-refractivity contribution in [2.75, 3.05) is 18.1 Å². The van der Waals surface area contributed by atoms with E-state index in [1.54, 1.807) is 55.6 Å². The molecule has 0 aliphatic heterocycles. The predicted octanol–water partition coefficient (Wildman–Crippen LogP) is 3.82. The minimum atomic E-state index is -0.600. The Kier molecular flexibility index (Phi) is 8.18. The van der Waals surface area contributed by atoms with Crippen LogP contribution in [-0.4, -0.2) is 40.1 Å². The Morgan fingerprint density at radius 1 is 1.23 bits per heavy atom. The quantitative estimate of drug-likeness (QED) is 0.317. The van der Waals surface area contributed by atoms with Gasteiger partial charge in [-0.2, -0.15) is 0 Å². The van der Waals surface area contributed by atoms with Crippen molar-refractivity contribution in [2.24, 2.45) is 5.84 Å². The molecule has 2 heterocycles. The van der Waals surface area contributed by atoms with Gasteiger partial charge in [0.15, 0.2) is 0 Å². The minimum absolute atomic E-state index is 0.0212. The van der Waals surface area contributed by atoms with Gasteiger partial charge in [0.1, 0.15) is 22.8 Å². The molecule has 35 heavy (non-hydrogen) atoms. The molecule has 0 bridgehead atoms. The average Bonchev–Trinajstić information content (AvgIpc) is 3.14. The third kappa shape index (κ3) is 6.83. The molecule has 188 valence electrons. The van der Waals surface area contributed by atoms with E-state index in [0.29, 0.717) is 39.7 Å². The first-order valence-electron chi connectivity index (χ1n) is 11.2. The lowest BCUT2D eigenvalue weighted by molar-refractivity contribution is 0.0529. The maximum absolute atomic E-state index is 14.7. The number of aromatic nitrogens is 2. The Balaban J connectivity index is 1.61. The molecule has 4 N–H and O–H groups in total. The number of anilines is 1. The zero-order chi connectivity index (χ0) is 25.8. The first-order valence-corrected chi connectivity index (χ1v) is 11.6. The molecule has 3 aromatic rings. The summed E-state index contributed by atoms with van der Waals surface area (Å²) in [6.45, 7) is 7.65. The summed E-state index contributed by atoms with van der Waals surface area (Å²) in [6, 6.07) is 7.91. The third-order valence-corrected chi connectivity index (χ3v) is 5.26. The molecule has 0 saturated heterocycles. The number of nitrogens with two attached hydrogens (primary N) is 1. The number of imidazole rings is 1. The number of fused-ring (bicyclic) bond motifs is 1. The van der Waals surface area contributed by atoms with Crippen molar-refractivity contribution in [3.8, 4) is 0 Å². The number of ether oxygens (including phenoxy) is 1. The van der Waals surface area contributed by atoms with Gasteiger partial charge in [0.2, 0.25) is 0 Å². The second kappa shape index (κ2) is 10.9. The molecule has 0 radical (unpaired) electrons. The van der Waals surface area contributed by atoms with E-state index >= 15 is 0 Å². The normalized spacial score (nSPS) is 11.4. The van der Waals surface area contributed by atoms with Crippen LogP contribution in [0.15, 0.2) is 36.5 Å². The van der Waals surface area contributed by atoms with Gasteiger partial charge in [-0.3, -0.25) is 9.20 Å². The number of carbonyl (C=O) groups is 2. The molecule has 1 aromatic carbocycles. The molecule has 0 unspecified atom stereocenters. The van der Waals surface area contributed by atoms with E-state index in [4.69, 9.17) is 22.2 Å². The van der Waals surface area contributed by atoms with Crippen LogP contribution < -0.4 is 21.5 Å². The van der Waals surface area contributed by atoms with Crippen molar-refractivity contribution < 1.29 is 18.7 Å². The molecule has 11 heteroatoms. The van der Waals surface area contributed by atoms with E-state index in [9.17, 15) is 14.0 Å². The zero-order valence-electron chi connectivity index (χ0n) is 20.2. The van der Waals surface area contributed by atoms with Gasteiger partial charge in [0.05, 0.1) is 22.9 Å². The summed E-state index contributed by atoms with van der Waals surface area (Å²) in [6.07, 6.45) is 1.63. The smallest absolute Gasteiger partial charge is 0.407 e. The van der Waals surface area contributed by atoms with Gasteiger partial charge in [-0.05, 0) is 51.5 Å². The summed E-state index contributed by atoms with van der Waals surface area (Å²) in [4.78, 5) is 29.1. The van der Waals surface area contributed by atoms with Crippen molar-refractivity contribution >= 4 is 34.9 Å². The van der Waals surface area contributed by atoms with Crippen LogP contribution >= 0.6 is 11.6 Å². The number of amides is 2. The lowest BCUT2D eigenvalue weighted by Gasteiger charge is -2.22. The number of carbonyl (C=O) groups excluding carboxylic acids is 2. The fourth-order valence-corrected chi connectivity index (χ4v) is 3.55. The summed E-state index contributed by atoms with van der Waals surface area (Å²) < 4.78 is 21.5. The van der Waals surface area contributed by atoms with Crippen molar-refractivity contribution in [1.29, 1.82) is 0 Å². The number of hydrazine groups is 1. The van der Waals surface area contributed by atoms with Crippen molar-refractivity contribution in [1.82, 2.24) is 20.0 Å². The lowest BCUT2D eigenvalue weighted by Crippen LogP contribution is -2.40. The molecule has 2 aromatic heterocycles. The number of rotatable bonds is 8. The molecule has 9 nitrogen and oxygen atoms in total. The molecule has 0 atom stereocenters. The van der Waals surface area contributed by atoms with Crippen LogP contribution in [0.2, 0.25) is 5.02 Å². The Bertz CT molecular complexity index is 1220.